The number of thioether (sulfide) groups is 1. The van der Waals surface area contributed by atoms with Gasteiger partial charge in [0.15, 0.2) is 5.16 Å². The number of furan rings is 2. The van der Waals surface area contributed by atoms with E-state index in [4.69, 9.17) is 13.8 Å². The van der Waals surface area contributed by atoms with Crippen molar-refractivity contribution in [2.24, 2.45) is 11.8 Å². The molecule has 40 heavy (non-hydrogen) atoms. The summed E-state index contributed by atoms with van der Waals surface area (Å²) in [5.41, 5.74) is 0.520. The predicted octanol–water partition coefficient (Wildman–Crippen LogP) is 4.89. The van der Waals surface area contributed by atoms with Gasteiger partial charge in [0.2, 0.25) is 11.8 Å². The van der Waals surface area contributed by atoms with Crippen LogP contribution in [0, 0.1) is 11.8 Å². The van der Waals surface area contributed by atoms with Crippen molar-refractivity contribution in [2.45, 2.75) is 69.1 Å². The minimum Gasteiger partial charge on any atom is -0.467 e. The molecule has 210 valence electrons. The van der Waals surface area contributed by atoms with E-state index in [2.05, 4.69) is 10.6 Å². The van der Waals surface area contributed by atoms with E-state index in [0.29, 0.717) is 47.9 Å². The minimum atomic E-state index is -0.414. The number of hydrogen-bond acceptors (Lipinski definition) is 7. The molecule has 1 fully saturated rings. The number of rotatable bonds is 11. The second-order valence-corrected chi connectivity index (χ2v) is 11.3. The second-order valence-electron chi connectivity index (χ2n) is 10.2. The van der Waals surface area contributed by atoms with E-state index in [1.807, 2.05) is 37.3 Å². The maximum atomic E-state index is 13.6. The summed E-state index contributed by atoms with van der Waals surface area (Å²) in [5.74, 6) is 1.52. The van der Waals surface area contributed by atoms with Gasteiger partial charge in [-0.05, 0) is 74.4 Å². The molecule has 4 aromatic rings. The maximum Gasteiger partial charge on any atom is 0.262 e. The number of nitrogens with zero attached hydrogens (tertiary/aromatic N) is 2. The Kier molecular flexibility index (Phi) is 9.05. The van der Waals surface area contributed by atoms with Crippen LogP contribution >= 0.6 is 11.8 Å². The van der Waals surface area contributed by atoms with Gasteiger partial charge in [-0.15, -0.1) is 0 Å². The van der Waals surface area contributed by atoms with Crippen molar-refractivity contribution < 1.29 is 18.4 Å². The van der Waals surface area contributed by atoms with Gasteiger partial charge in [0, 0.05) is 12.5 Å². The lowest BCUT2D eigenvalue weighted by Crippen LogP contribution is -2.35. The molecule has 1 atom stereocenters. The van der Waals surface area contributed by atoms with E-state index in [1.54, 1.807) is 35.3 Å². The van der Waals surface area contributed by atoms with Crippen LogP contribution in [-0.4, -0.2) is 26.6 Å². The third kappa shape index (κ3) is 6.67. The minimum absolute atomic E-state index is 0.0435. The highest BCUT2D eigenvalue weighted by atomic mass is 32.2. The molecule has 1 saturated carbocycles. The van der Waals surface area contributed by atoms with Crippen LogP contribution in [0.2, 0.25) is 0 Å². The summed E-state index contributed by atoms with van der Waals surface area (Å²) >= 11 is 1.33. The number of carbonyl (C=O) groups is 2. The summed E-state index contributed by atoms with van der Waals surface area (Å²) in [5, 5.41) is 6.59. The fourth-order valence-corrected chi connectivity index (χ4v) is 6.19. The summed E-state index contributed by atoms with van der Waals surface area (Å²) in [6.07, 6.45) is 6.95. The molecule has 1 aliphatic carbocycles. The normalized spacial score (nSPS) is 17.9. The third-order valence-corrected chi connectivity index (χ3v) is 8.78. The third-order valence-electron chi connectivity index (χ3n) is 7.43. The fourth-order valence-electron chi connectivity index (χ4n) is 5.15. The highest BCUT2D eigenvalue weighted by molar-refractivity contribution is 8.00. The van der Waals surface area contributed by atoms with Crippen molar-refractivity contribution in [2.75, 3.05) is 0 Å². The fraction of sp³-hybridized carbons (Fsp3) is 0.400. The average Bonchev–Trinajstić information content (AvgIpc) is 3.70. The van der Waals surface area contributed by atoms with Crippen LogP contribution in [0.15, 0.2) is 79.8 Å². The Balaban J connectivity index is 1.27. The van der Waals surface area contributed by atoms with Crippen LogP contribution in [0.4, 0.5) is 0 Å². The first-order valence-electron chi connectivity index (χ1n) is 13.8. The van der Waals surface area contributed by atoms with Gasteiger partial charge in [-0.1, -0.05) is 30.8 Å². The van der Waals surface area contributed by atoms with E-state index in [1.165, 1.54) is 11.8 Å². The number of aromatic nitrogens is 2. The van der Waals surface area contributed by atoms with E-state index in [9.17, 15) is 14.4 Å². The number of hydrogen-bond donors (Lipinski definition) is 2. The molecule has 3 aromatic heterocycles. The molecule has 0 unspecified atom stereocenters. The topological polar surface area (TPSA) is 119 Å². The molecular weight excluding hydrogens is 528 g/mol. The Morgan fingerprint density at radius 1 is 0.975 bits per heavy atom. The number of para-hydroxylation sites is 1. The molecule has 3 heterocycles. The number of benzene rings is 1. The van der Waals surface area contributed by atoms with E-state index < -0.39 is 5.25 Å². The summed E-state index contributed by atoms with van der Waals surface area (Å²) in [6, 6.07) is 14.6. The molecule has 2 N–H and O–H groups in total. The zero-order chi connectivity index (χ0) is 27.9. The summed E-state index contributed by atoms with van der Waals surface area (Å²) in [7, 11) is 0. The predicted molar refractivity (Wildman–Crippen MR) is 152 cm³/mol. The van der Waals surface area contributed by atoms with Crippen molar-refractivity contribution in [1.29, 1.82) is 0 Å². The largest absolute Gasteiger partial charge is 0.467 e. The SMILES string of the molecule is CC[C@@H](Sc1nc2ccccc2c(=O)n1CC1CCC(C(=O)NCc2ccco2)CC1)C(=O)NCc1ccco1. The molecule has 5 rings (SSSR count). The second kappa shape index (κ2) is 13.0. The molecular formula is C30H34N4O5S. The Hall–Kier alpha value is -3.79. The lowest BCUT2D eigenvalue weighted by Gasteiger charge is -2.29. The summed E-state index contributed by atoms with van der Waals surface area (Å²) in [6.45, 7) is 3.15. The van der Waals surface area contributed by atoms with Gasteiger partial charge in [-0.3, -0.25) is 19.0 Å². The number of fused-ring (bicyclic) bond motifs is 1. The lowest BCUT2D eigenvalue weighted by atomic mass is 9.81. The molecule has 0 radical (unpaired) electrons. The van der Waals surface area contributed by atoms with Crippen molar-refractivity contribution >= 4 is 34.5 Å². The zero-order valence-corrected chi connectivity index (χ0v) is 23.3. The lowest BCUT2D eigenvalue weighted by molar-refractivity contribution is -0.126. The quantitative estimate of drug-likeness (QED) is 0.197. The Bertz CT molecular complexity index is 1470. The van der Waals surface area contributed by atoms with E-state index >= 15 is 0 Å². The zero-order valence-electron chi connectivity index (χ0n) is 22.5. The first kappa shape index (κ1) is 27.8. The van der Waals surface area contributed by atoms with Gasteiger partial charge in [-0.25, -0.2) is 4.98 Å². The highest BCUT2D eigenvalue weighted by Crippen LogP contribution is 2.32. The van der Waals surface area contributed by atoms with Crippen molar-refractivity contribution in [3.8, 4) is 0 Å². The Morgan fingerprint density at radius 3 is 2.30 bits per heavy atom. The van der Waals surface area contributed by atoms with Crippen molar-refractivity contribution in [3.05, 3.63) is 82.9 Å². The molecule has 0 aliphatic heterocycles. The Morgan fingerprint density at radius 2 is 1.65 bits per heavy atom. The van der Waals surface area contributed by atoms with Gasteiger partial charge in [-0.2, -0.15) is 0 Å². The maximum absolute atomic E-state index is 13.6. The van der Waals surface area contributed by atoms with Crippen LogP contribution < -0.4 is 16.2 Å². The molecule has 9 nitrogen and oxygen atoms in total. The monoisotopic (exact) mass is 562 g/mol. The summed E-state index contributed by atoms with van der Waals surface area (Å²) < 4.78 is 12.4. The molecule has 2 amide bonds. The van der Waals surface area contributed by atoms with Gasteiger partial charge < -0.3 is 19.5 Å². The van der Waals surface area contributed by atoms with Crippen LogP contribution in [0.25, 0.3) is 10.9 Å². The van der Waals surface area contributed by atoms with Crippen LogP contribution in [0.5, 0.6) is 0 Å². The molecule has 0 saturated heterocycles. The van der Waals surface area contributed by atoms with Crippen molar-refractivity contribution in [3.63, 3.8) is 0 Å². The molecule has 0 spiro atoms. The standard InChI is InChI=1S/C30H34N4O5S/c1-2-26(28(36)32-18-23-8-6-16-39-23)40-30-33-25-10-4-3-9-24(25)29(37)34(30)19-20-11-13-21(14-12-20)27(35)31-17-22-7-5-15-38-22/h3-10,15-16,20-21,26H,2,11-14,17-19H2,1H3,(H,31,35)(H,32,36)/t20?,21?,26-/m1/s1. The highest BCUT2D eigenvalue weighted by Gasteiger charge is 2.28. The Labute approximate surface area is 236 Å². The van der Waals surface area contributed by atoms with Crippen LogP contribution in [0.1, 0.15) is 50.5 Å². The number of amides is 2. The van der Waals surface area contributed by atoms with Gasteiger partial charge in [0.25, 0.3) is 5.56 Å². The van der Waals surface area contributed by atoms with Gasteiger partial charge in [0.05, 0.1) is 41.8 Å². The number of nitrogens with one attached hydrogen (secondary N) is 2. The van der Waals surface area contributed by atoms with Gasteiger partial charge >= 0.3 is 0 Å². The molecule has 1 aliphatic rings. The van der Waals surface area contributed by atoms with E-state index in [0.717, 1.165) is 31.4 Å². The van der Waals surface area contributed by atoms with E-state index in [-0.39, 0.29) is 29.2 Å². The molecule has 1 aromatic carbocycles. The average molecular weight is 563 g/mol. The van der Waals surface area contributed by atoms with Crippen LogP contribution in [-0.2, 0) is 29.2 Å². The van der Waals surface area contributed by atoms with Gasteiger partial charge in [0.1, 0.15) is 11.5 Å². The first-order valence-corrected chi connectivity index (χ1v) is 14.7. The summed E-state index contributed by atoms with van der Waals surface area (Å²) in [4.78, 5) is 44.2. The molecule has 0 bridgehead atoms. The smallest absolute Gasteiger partial charge is 0.262 e. The molecule has 10 heteroatoms. The van der Waals surface area contributed by atoms with Crippen molar-refractivity contribution in [1.82, 2.24) is 20.2 Å². The van der Waals surface area contributed by atoms with Crippen LogP contribution in [0.3, 0.4) is 0 Å². The first-order chi connectivity index (χ1) is 19.5. The number of carbonyl (C=O) groups excluding carboxylic acids is 2.